The number of piperazine rings is 1. The number of anilines is 1. The molecule has 0 saturated carbocycles. The number of carbonyl (C=O) groups is 2. The van der Waals surface area contributed by atoms with Crippen LogP contribution in [0.25, 0.3) is 0 Å². The third kappa shape index (κ3) is 9.48. The number of halogens is 5. The van der Waals surface area contributed by atoms with Crippen LogP contribution in [0.3, 0.4) is 0 Å². The van der Waals surface area contributed by atoms with Crippen LogP contribution in [-0.4, -0.2) is 82.8 Å². The molecule has 2 N–H and O–H groups in total. The molecule has 248 valence electrons. The average Bonchev–Trinajstić information content (AvgIpc) is 2.99. The number of aryl methyl sites for hydroxylation is 1. The minimum Gasteiger partial charge on any atom is -0.483 e. The smallest absolute Gasteiger partial charge is 0.416 e. The van der Waals surface area contributed by atoms with E-state index in [2.05, 4.69) is 26.9 Å². The number of nitrogens with one attached hydrogen (secondary N) is 2. The van der Waals surface area contributed by atoms with Gasteiger partial charge in [-0.05, 0) is 87.1 Å². The first kappa shape index (κ1) is 35.3. The fourth-order valence-electron chi connectivity index (χ4n) is 4.78. The Morgan fingerprint density at radius 2 is 1.72 bits per heavy atom. The molecule has 0 atom stereocenters. The summed E-state index contributed by atoms with van der Waals surface area (Å²) < 4.78 is 87.2. The van der Waals surface area contributed by atoms with Crippen LogP contribution >= 0.6 is 11.6 Å². The highest BCUT2D eigenvalue weighted by molar-refractivity contribution is 7.89. The molecule has 1 heterocycles. The number of rotatable bonds is 12. The molecule has 0 aromatic heterocycles. The van der Waals surface area contributed by atoms with E-state index in [4.69, 9.17) is 16.3 Å². The predicted molar refractivity (Wildman–Crippen MR) is 165 cm³/mol. The topological polar surface area (TPSA) is 108 Å². The molecule has 1 amide bonds. The van der Waals surface area contributed by atoms with E-state index in [1.807, 2.05) is 0 Å². The van der Waals surface area contributed by atoms with Crippen molar-refractivity contribution in [3.05, 3.63) is 87.7 Å². The van der Waals surface area contributed by atoms with Crippen molar-refractivity contribution >= 4 is 39.0 Å². The van der Waals surface area contributed by atoms with Gasteiger partial charge >= 0.3 is 6.18 Å². The maximum atomic E-state index is 13.9. The van der Waals surface area contributed by atoms with E-state index in [0.29, 0.717) is 29.8 Å². The van der Waals surface area contributed by atoms with Gasteiger partial charge < -0.3 is 19.9 Å². The fraction of sp³-hybridized carbons (Fsp3) is 0.355. The number of ketones is 1. The highest BCUT2D eigenvalue weighted by Crippen LogP contribution is 2.32. The summed E-state index contributed by atoms with van der Waals surface area (Å²) in [5.74, 6) is -3.09. The SMILES string of the molecule is Cc1cc(S(=O)(=O)NCCCN2CCN(C)CC2)ccc1NC(=O)COc1ccc(Cl)cc1C(=O)c1cc(F)cc(C(F)(F)F)c1. The first-order chi connectivity index (χ1) is 21.6. The summed E-state index contributed by atoms with van der Waals surface area (Å²) >= 11 is 6.00. The fourth-order valence-corrected chi connectivity index (χ4v) is 6.11. The van der Waals surface area contributed by atoms with Crippen LogP contribution < -0.4 is 14.8 Å². The second-order valence-corrected chi connectivity index (χ2v) is 13.1. The molecule has 3 aromatic carbocycles. The second-order valence-electron chi connectivity index (χ2n) is 10.9. The highest BCUT2D eigenvalue weighted by atomic mass is 35.5. The number of ether oxygens (including phenoxy) is 1. The van der Waals surface area contributed by atoms with Crippen molar-refractivity contribution in [2.75, 3.05) is 58.2 Å². The summed E-state index contributed by atoms with van der Waals surface area (Å²) in [6.07, 6.45) is -4.22. The summed E-state index contributed by atoms with van der Waals surface area (Å²) in [4.78, 5) is 30.4. The van der Waals surface area contributed by atoms with E-state index in [9.17, 15) is 35.6 Å². The summed E-state index contributed by atoms with van der Waals surface area (Å²) in [7, 11) is -1.71. The Hall–Kier alpha value is -3.56. The molecular weight excluding hydrogens is 652 g/mol. The number of benzene rings is 3. The van der Waals surface area contributed by atoms with Gasteiger partial charge in [0, 0.05) is 49.0 Å². The first-order valence-electron chi connectivity index (χ1n) is 14.3. The third-order valence-electron chi connectivity index (χ3n) is 7.35. The molecule has 46 heavy (non-hydrogen) atoms. The van der Waals surface area contributed by atoms with Gasteiger partial charge in [0.05, 0.1) is 16.0 Å². The van der Waals surface area contributed by atoms with E-state index >= 15 is 0 Å². The van der Waals surface area contributed by atoms with E-state index < -0.39 is 51.4 Å². The van der Waals surface area contributed by atoms with Crippen molar-refractivity contribution in [1.82, 2.24) is 14.5 Å². The van der Waals surface area contributed by atoms with Gasteiger partial charge in [0.1, 0.15) is 11.6 Å². The van der Waals surface area contributed by atoms with Gasteiger partial charge in [0.2, 0.25) is 10.0 Å². The molecule has 1 saturated heterocycles. The Kier molecular flexibility index (Phi) is 11.4. The first-order valence-corrected chi connectivity index (χ1v) is 16.1. The molecule has 1 aliphatic heterocycles. The molecule has 1 aliphatic rings. The number of sulfonamides is 1. The molecule has 3 aromatic rings. The number of likely N-dealkylation sites (N-methyl/N-ethyl adjacent to an activating group) is 1. The Morgan fingerprint density at radius 3 is 2.39 bits per heavy atom. The zero-order valence-electron chi connectivity index (χ0n) is 25.1. The normalized spacial score (nSPS) is 14.7. The number of hydrogen-bond acceptors (Lipinski definition) is 7. The Bertz CT molecular complexity index is 1700. The van der Waals surface area contributed by atoms with Crippen LogP contribution in [-0.2, 0) is 21.0 Å². The van der Waals surface area contributed by atoms with Crippen LogP contribution in [0.5, 0.6) is 5.75 Å². The molecule has 0 bridgehead atoms. The van der Waals surface area contributed by atoms with Crippen molar-refractivity contribution in [3.8, 4) is 5.75 Å². The van der Waals surface area contributed by atoms with Crippen molar-refractivity contribution in [2.45, 2.75) is 24.4 Å². The van der Waals surface area contributed by atoms with Gasteiger partial charge in [-0.1, -0.05) is 11.6 Å². The lowest BCUT2D eigenvalue weighted by Crippen LogP contribution is -2.45. The molecule has 1 fully saturated rings. The number of carbonyl (C=O) groups excluding carboxylic acids is 2. The molecule has 9 nitrogen and oxygen atoms in total. The van der Waals surface area contributed by atoms with E-state index in [1.165, 1.54) is 30.3 Å². The Morgan fingerprint density at radius 1 is 1.00 bits per heavy atom. The van der Waals surface area contributed by atoms with Gasteiger partial charge in [-0.25, -0.2) is 17.5 Å². The van der Waals surface area contributed by atoms with Crippen molar-refractivity contribution in [3.63, 3.8) is 0 Å². The molecule has 0 spiro atoms. The van der Waals surface area contributed by atoms with Crippen LogP contribution in [0.1, 0.15) is 33.5 Å². The Labute approximate surface area is 269 Å². The standard InChI is InChI=1S/C31H33ClF4N4O5S/c1-20-14-25(46(43,44)37-8-3-9-40-12-10-39(2)11-13-40)5-6-27(20)38-29(41)19-45-28-7-4-23(32)18-26(28)30(42)21-15-22(31(34,35)36)17-24(33)16-21/h4-7,14-18,37H,3,8-13,19H2,1-2H3,(H,38,41). The van der Waals surface area contributed by atoms with Crippen LogP contribution in [0.4, 0.5) is 23.2 Å². The van der Waals surface area contributed by atoms with Gasteiger partial charge in [-0.15, -0.1) is 0 Å². The van der Waals surface area contributed by atoms with E-state index in [0.717, 1.165) is 38.8 Å². The van der Waals surface area contributed by atoms with Gasteiger partial charge in [0.15, 0.2) is 12.4 Å². The lowest BCUT2D eigenvalue weighted by molar-refractivity contribution is -0.137. The van der Waals surface area contributed by atoms with Crippen molar-refractivity contribution < 1.29 is 40.3 Å². The second kappa shape index (κ2) is 14.9. The maximum absolute atomic E-state index is 13.9. The zero-order chi connectivity index (χ0) is 33.6. The quantitative estimate of drug-likeness (QED) is 0.158. The van der Waals surface area contributed by atoms with Gasteiger partial charge in [-0.2, -0.15) is 13.2 Å². The molecule has 0 radical (unpaired) electrons. The van der Waals surface area contributed by atoms with Crippen LogP contribution in [0.2, 0.25) is 5.02 Å². The molecular formula is C31H33ClF4N4O5S. The number of hydrogen-bond donors (Lipinski definition) is 2. The summed E-state index contributed by atoms with van der Waals surface area (Å²) in [6.45, 7) is 5.92. The van der Waals surface area contributed by atoms with Crippen LogP contribution in [0.15, 0.2) is 59.5 Å². The summed E-state index contributed by atoms with van der Waals surface area (Å²) in [5, 5.41) is 2.66. The Balaban J connectivity index is 1.36. The molecule has 4 rings (SSSR count). The lowest BCUT2D eigenvalue weighted by atomic mass is 10.00. The van der Waals surface area contributed by atoms with Gasteiger partial charge in [-0.3, -0.25) is 9.59 Å². The highest BCUT2D eigenvalue weighted by Gasteiger charge is 2.32. The minimum absolute atomic E-state index is 0.0363. The van der Waals surface area contributed by atoms with Crippen molar-refractivity contribution in [2.24, 2.45) is 0 Å². The summed E-state index contributed by atoms with van der Waals surface area (Å²) in [6, 6.07) is 9.40. The number of alkyl halides is 3. The molecule has 15 heteroatoms. The number of nitrogens with zero attached hydrogens (tertiary/aromatic N) is 2. The predicted octanol–water partition coefficient (Wildman–Crippen LogP) is 4.97. The zero-order valence-corrected chi connectivity index (χ0v) is 26.7. The number of amides is 1. The van der Waals surface area contributed by atoms with Gasteiger partial charge in [0.25, 0.3) is 5.91 Å². The maximum Gasteiger partial charge on any atom is 0.416 e. The minimum atomic E-state index is -4.88. The van der Waals surface area contributed by atoms with E-state index in [1.54, 1.807) is 6.92 Å². The molecule has 0 unspecified atom stereocenters. The monoisotopic (exact) mass is 684 g/mol. The van der Waals surface area contributed by atoms with Crippen LogP contribution in [0, 0.1) is 12.7 Å². The van der Waals surface area contributed by atoms with E-state index in [-0.39, 0.29) is 33.8 Å². The lowest BCUT2D eigenvalue weighted by Gasteiger charge is -2.32. The molecule has 0 aliphatic carbocycles. The average molecular weight is 685 g/mol. The summed E-state index contributed by atoms with van der Waals surface area (Å²) in [5.41, 5.74) is -1.43. The third-order valence-corrected chi connectivity index (χ3v) is 9.05. The largest absolute Gasteiger partial charge is 0.483 e. The van der Waals surface area contributed by atoms with Crippen molar-refractivity contribution in [1.29, 1.82) is 0 Å².